The summed E-state index contributed by atoms with van der Waals surface area (Å²) in [6.45, 7) is 0. The number of hydrogen-bond donors (Lipinski definition) is 2. The fourth-order valence-electron chi connectivity index (χ4n) is 0.768. The standard InChI is InChI=1S/C7H6BrFN2S/c8-4-1-5(9)3-6(2-4)11-7(10)12/h1-3H,(H3,10,11,12). The SMILES string of the molecule is NC(=S)Nc1cc(F)cc(Br)c1. The molecule has 2 nitrogen and oxygen atoms in total. The minimum absolute atomic E-state index is 0.118. The molecule has 0 saturated carbocycles. The zero-order valence-corrected chi connectivity index (χ0v) is 8.38. The number of hydrogen-bond acceptors (Lipinski definition) is 1. The average molecular weight is 249 g/mol. The predicted molar refractivity (Wildman–Crippen MR) is 54.5 cm³/mol. The first-order valence-electron chi connectivity index (χ1n) is 3.10. The van der Waals surface area contributed by atoms with E-state index in [-0.39, 0.29) is 10.9 Å². The molecule has 0 aliphatic heterocycles. The van der Waals surface area contributed by atoms with Crippen molar-refractivity contribution in [2.45, 2.75) is 0 Å². The van der Waals surface area contributed by atoms with Gasteiger partial charge in [-0.15, -0.1) is 0 Å². The molecule has 0 bridgehead atoms. The minimum Gasteiger partial charge on any atom is -0.376 e. The number of nitrogens with two attached hydrogens (primary N) is 1. The molecule has 5 heteroatoms. The van der Waals surface area contributed by atoms with Crippen LogP contribution in [0.25, 0.3) is 0 Å². The second kappa shape index (κ2) is 3.82. The van der Waals surface area contributed by atoms with E-state index in [1.54, 1.807) is 6.07 Å². The van der Waals surface area contributed by atoms with Gasteiger partial charge in [-0.05, 0) is 30.4 Å². The molecule has 0 fully saturated rings. The van der Waals surface area contributed by atoms with Gasteiger partial charge in [-0.25, -0.2) is 4.39 Å². The van der Waals surface area contributed by atoms with Gasteiger partial charge in [-0.2, -0.15) is 0 Å². The summed E-state index contributed by atoms with van der Waals surface area (Å²) in [6, 6.07) is 4.34. The van der Waals surface area contributed by atoms with Gasteiger partial charge in [-0.1, -0.05) is 15.9 Å². The smallest absolute Gasteiger partial charge is 0.168 e. The first kappa shape index (κ1) is 9.41. The predicted octanol–water partition coefficient (Wildman–Crippen LogP) is 2.24. The Hall–Kier alpha value is -0.680. The lowest BCUT2D eigenvalue weighted by Crippen LogP contribution is -2.18. The molecule has 0 radical (unpaired) electrons. The second-order valence-electron chi connectivity index (χ2n) is 2.15. The summed E-state index contributed by atoms with van der Waals surface area (Å²) in [5.74, 6) is -0.344. The van der Waals surface area contributed by atoms with E-state index in [9.17, 15) is 4.39 Å². The summed E-state index contributed by atoms with van der Waals surface area (Å²) >= 11 is 7.73. The van der Waals surface area contributed by atoms with Crippen LogP contribution in [0, 0.1) is 5.82 Å². The molecule has 12 heavy (non-hydrogen) atoms. The van der Waals surface area contributed by atoms with Crippen molar-refractivity contribution in [1.29, 1.82) is 0 Å². The van der Waals surface area contributed by atoms with Gasteiger partial charge in [-0.3, -0.25) is 0 Å². The maximum atomic E-state index is 12.7. The Balaban J connectivity index is 2.93. The Bertz CT molecular complexity index is 296. The Morgan fingerprint density at radius 3 is 2.67 bits per heavy atom. The second-order valence-corrected chi connectivity index (χ2v) is 3.50. The molecule has 0 spiro atoms. The van der Waals surface area contributed by atoms with E-state index in [0.717, 1.165) is 0 Å². The Kier molecular flexibility index (Phi) is 2.99. The molecule has 0 aliphatic rings. The summed E-state index contributed by atoms with van der Waals surface area (Å²) in [4.78, 5) is 0. The van der Waals surface area contributed by atoms with E-state index in [4.69, 9.17) is 5.73 Å². The van der Waals surface area contributed by atoms with Crippen LogP contribution in [0.2, 0.25) is 0 Å². The number of halogens is 2. The highest BCUT2D eigenvalue weighted by Crippen LogP contribution is 2.18. The van der Waals surface area contributed by atoms with Crippen LogP contribution in [0.3, 0.4) is 0 Å². The van der Waals surface area contributed by atoms with Crippen LogP contribution < -0.4 is 11.1 Å². The quantitative estimate of drug-likeness (QED) is 0.749. The van der Waals surface area contributed by atoms with Crippen LogP contribution in [0.1, 0.15) is 0 Å². The highest BCUT2D eigenvalue weighted by molar-refractivity contribution is 9.10. The molecule has 0 atom stereocenters. The zero-order valence-electron chi connectivity index (χ0n) is 5.97. The third-order valence-corrected chi connectivity index (χ3v) is 1.69. The molecular formula is C7H6BrFN2S. The van der Waals surface area contributed by atoms with Crippen LogP contribution in [0.5, 0.6) is 0 Å². The van der Waals surface area contributed by atoms with Crippen LogP contribution >= 0.6 is 28.1 Å². The molecule has 0 aliphatic carbocycles. The summed E-state index contributed by atoms with van der Waals surface area (Å²) in [6.07, 6.45) is 0. The van der Waals surface area contributed by atoms with E-state index in [1.807, 2.05) is 0 Å². The summed E-state index contributed by atoms with van der Waals surface area (Å²) in [5, 5.41) is 2.74. The monoisotopic (exact) mass is 248 g/mol. The van der Waals surface area contributed by atoms with Crippen LogP contribution in [-0.2, 0) is 0 Å². The maximum Gasteiger partial charge on any atom is 0.168 e. The molecule has 1 aromatic rings. The first-order valence-corrected chi connectivity index (χ1v) is 4.30. The van der Waals surface area contributed by atoms with Crippen LogP contribution in [-0.4, -0.2) is 5.11 Å². The Morgan fingerprint density at radius 1 is 1.50 bits per heavy atom. The van der Waals surface area contributed by atoms with Crippen molar-refractivity contribution in [3.05, 3.63) is 28.5 Å². The zero-order chi connectivity index (χ0) is 9.14. The third-order valence-electron chi connectivity index (χ3n) is 1.13. The first-order chi connectivity index (χ1) is 5.58. The van der Waals surface area contributed by atoms with Crippen molar-refractivity contribution in [2.75, 3.05) is 5.32 Å². The molecule has 0 amide bonds. The topological polar surface area (TPSA) is 38.0 Å². The van der Waals surface area contributed by atoms with E-state index >= 15 is 0 Å². The molecule has 0 heterocycles. The van der Waals surface area contributed by atoms with E-state index in [1.165, 1.54) is 12.1 Å². The Morgan fingerprint density at radius 2 is 2.17 bits per heavy atom. The number of anilines is 1. The number of thiocarbonyl (C=S) groups is 1. The summed E-state index contributed by atoms with van der Waals surface area (Å²) in [7, 11) is 0. The van der Waals surface area contributed by atoms with Crippen LogP contribution in [0.15, 0.2) is 22.7 Å². The van der Waals surface area contributed by atoms with Gasteiger partial charge in [0.05, 0.1) is 0 Å². The Labute approximate surface area is 83.1 Å². The fourth-order valence-corrected chi connectivity index (χ4v) is 1.35. The summed E-state index contributed by atoms with van der Waals surface area (Å²) in [5.41, 5.74) is 5.74. The number of rotatable bonds is 1. The van der Waals surface area contributed by atoms with Gasteiger partial charge in [0.25, 0.3) is 0 Å². The number of benzene rings is 1. The normalized spacial score (nSPS) is 9.50. The van der Waals surface area contributed by atoms with Gasteiger partial charge in [0.2, 0.25) is 0 Å². The minimum atomic E-state index is -0.344. The van der Waals surface area contributed by atoms with Gasteiger partial charge in [0.1, 0.15) is 5.82 Å². The lowest BCUT2D eigenvalue weighted by atomic mass is 10.3. The van der Waals surface area contributed by atoms with Crippen molar-refractivity contribution >= 4 is 38.9 Å². The van der Waals surface area contributed by atoms with E-state index in [0.29, 0.717) is 10.2 Å². The van der Waals surface area contributed by atoms with Crippen molar-refractivity contribution in [3.63, 3.8) is 0 Å². The van der Waals surface area contributed by atoms with E-state index < -0.39 is 0 Å². The molecule has 0 saturated heterocycles. The molecule has 0 unspecified atom stereocenters. The van der Waals surface area contributed by atoms with Gasteiger partial charge in [0, 0.05) is 10.2 Å². The fraction of sp³-hybridized carbons (Fsp3) is 0. The lowest BCUT2D eigenvalue weighted by molar-refractivity contribution is 0.627. The maximum absolute atomic E-state index is 12.7. The van der Waals surface area contributed by atoms with Crippen molar-refractivity contribution in [2.24, 2.45) is 5.73 Å². The van der Waals surface area contributed by atoms with Gasteiger partial charge >= 0.3 is 0 Å². The van der Waals surface area contributed by atoms with Crippen molar-refractivity contribution in [1.82, 2.24) is 0 Å². The highest BCUT2D eigenvalue weighted by atomic mass is 79.9. The van der Waals surface area contributed by atoms with Crippen LogP contribution in [0.4, 0.5) is 10.1 Å². The largest absolute Gasteiger partial charge is 0.376 e. The molecule has 1 rings (SSSR count). The summed E-state index contributed by atoms with van der Waals surface area (Å²) < 4.78 is 13.4. The van der Waals surface area contributed by atoms with Gasteiger partial charge in [0.15, 0.2) is 5.11 Å². The average Bonchev–Trinajstić information content (AvgIpc) is 1.81. The third kappa shape index (κ3) is 2.75. The number of nitrogens with one attached hydrogen (secondary N) is 1. The molecule has 0 aromatic heterocycles. The van der Waals surface area contributed by atoms with Crippen molar-refractivity contribution in [3.8, 4) is 0 Å². The van der Waals surface area contributed by atoms with E-state index in [2.05, 4.69) is 33.5 Å². The highest BCUT2D eigenvalue weighted by Gasteiger charge is 1.98. The van der Waals surface area contributed by atoms with Gasteiger partial charge < -0.3 is 11.1 Å². The molecule has 3 N–H and O–H groups in total. The molecule has 1 aromatic carbocycles. The molecule has 64 valence electrons. The molecular weight excluding hydrogens is 243 g/mol. The van der Waals surface area contributed by atoms with Crippen molar-refractivity contribution < 1.29 is 4.39 Å². The lowest BCUT2D eigenvalue weighted by Gasteiger charge is -2.03.